The number of hydrogen-bond donors (Lipinski definition) is 2. The second-order valence-corrected chi connectivity index (χ2v) is 4.96. The summed E-state index contributed by atoms with van der Waals surface area (Å²) in [6.45, 7) is 2.33. The fraction of sp³-hybridized carbons (Fsp3) is 0.750. The highest BCUT2D eigenvalue weighted by Crippen LogP contribution is 2.30. The molecule has 1 aliphatic heterocycles. The van der Waals surface area contributed by atoms with E-state index in [1.54, 1.807) is 0 Å². The van der Waals surface area contributed by atoms with Crippen LogP contribution in [0.3, 0.4) is 0 Å². The summed E-state index contributed by atoms with van der Waals surface area (Å²) in [6, 6.07) is 0. The van der Waals surface area contributed by atoms with Crippen LogP contribution in [0.5, 0.6) is 0 Å². The maximum Gasteiger partial charge on any atom is 0.0521 e. The maximum atomic E-state index is 9.56. The van der Waals surface area contributed by atoms with Gasteiger partial charge in [0.05, 0.1) is 6.20 Å². The molecule has 1 aromatic rings. The fourth-order valence-electron chi connectivity index (χ4n) is 2.47. The average molecular weight is 223 g/mol. The van der Waals surface area contributed by atoms with E-state index in [0.29, 0.717) is 6.61 Å². The Morgan fingerprint density at radius 1 is 1.62 bits per heavy atom. The third-order valence-corrected chi connectivity index (χ3v) is 3.60. The summed E-state index contributed by atoms with van der Waals surface area (Å²) >= 11 is 0. The zero-order chi connectivity index (χ0) is 11.4. The number of nitrogens with one attached hydrogen (secondary N) is 1. The second-order valence-electron chi connectivity index (χ2n) is 4.96. The minimum atomic E-state index is 0.0914. The topological polar surface area (TPSA) is 50.1 Å². The predicted octanol–water partition coefficient (Wildman–Crippen LogP) is 0.715. The van der Waals surface area contributed by atoms with E-state index in [9.17, 15) is 5.11 Å². The molecule has 1 aliphatic rings. The Bertz CT molecular complexity index is 329. The number of hydrogen-bond acceptors (Lipinski definition) is 3. The SMILES string of the molecule is Cn1cc(CCC2(CO)CCCNC2)cn1. The van der Waals surface area contributed by atoms with Gasteiger partial charge in [0.25, 0.3) is 0 Å². The molecule has 2 N–H and O–H groups in total. The Labute approximate surface area is 96.7 Å². The third kappa shape index (κ3) is 2.62. The van der Waals surface area contributed by atoms with Crippen molar-refractivity contribution in [2.45, 2.75) is 25.7 Å². The van der Waals surface area contributed by atoms with Gasteiger partial charge in [0, 0.05) is 31.8 Å². The van der Waals surface area contributed by atoms with Crippen LogP contribution in [-0.2, 0) is 13.5 Å². The van der Waals surface area contributed by atoms with Gasteiger partial charge >= 0.3 is 0 Å². The Morgan fingerprint density at radius 3 is 3.06 bits per heavy atom. The highest BCUT2D eigenvalue weighted by Gasteiger charge is 2.30. The van der Waals surface area contributed by atoms with Gasteiger partial charge in [-0.2, -0.15) is 5.10 Å². The number of rotatable bonds is 4. The Hall–Kier alpha value is -0.870. The number of piperidine rings is 1. The molecule has 1 aromatic heterocycles. The maximum absolute atomic E-state index is 9.56. The van der Waals surface area contributed by atoms with Crippen LogP contribution in [0.4, 0.5) is 0 Å². The van der Waals surface area contributed by atoms with E-state index in [0.717, 1.165) is 32.4 Å². The normalized spacial score (nSPS) is 25.9. The van der Waals surface area contributed by atoms with Gasteiger partial charge in [0.1, 0.15) is 0 Å². The summed E-state index contributed by atoms with van der Waals surface area (Å²) in [5.74, 6) is 0. The van der Waals surface area contributed by atoms with Gasteiger partial charge in [-0.05, 0) is 37.8 Å². The van der Waals surface area contributed by atoms with Crippen LogP contribution in [0.15, 0.2) is 12.4 Å². The summed E-state index contributed by atoms with van der Waals surface area (Å²) in [7, 11) is 1.94. The van der Waals surface area contributed by atoms with E-state index in [1.807, 2.05) is 17.9 Å². The lowest BCUT2D eigenvalue weighted by molar-refractivity contribution is 0.0862. The first-order valence-corrected chi connectivity index (χ1v) is 6.03. The average Bonchev–Trinajstić information content (AvgIpc) is 2.74. The van der Waals surface area contributed by atoms with Gasteiger partial charge in [0.15, 0.2) is 0 Å². The summed E-state index contributed by atoms with van der Waals surface area (Å²) in [4.78, 5) is 0. The smallest absolute Gasteiger partial charge is 0.0521 e. The van der Waals surface area contributed by atoms with Crippen LogP contribution >= 0.6 is 0 Å². The molecule has 0 saturated carbocycles. The van der Waals surface area contributed by atoms with Gasteiger partial charge < -0.3 is 10.4 Å². The highest BCUT2D eigenvalue weighted by molar-refractivity contribution is 5.05. The lowest BCUT2D eigenvalue weighted by atomic mass is 9.77. The molecule has 1 fully saturated rings. The zero-order valence-corrected chi connectivity index (χ0v) is 9.95. The predicted molar refractivity (Wildman–Crippen MR) is 63.2 cm³/mol. The van der Waals surface area contributed by atoms with Crippen LogP contribution in [0.1, 0.15) is 24.8 Å². The molecule has 16 heavy (non-hydrogen) atoms. The molecular weight excluding hydrogens is 202 g/mol. The van der Waals surface area contributed by atoms with E-state index in [1.165, 1.54) is 12.0 Å². The Morgan fingerprint density at radius 2 is 2.50 bits per heavy atom. The van der Waals surface area contributed by atoms with Crippen LogP contribution in [0, 0.1) is 5.41 Å². The molecule has 2 rings (SSSR count). The van der Waals surface area contributed by atoms with Crippen molar-refractivity contribution < 1.29 is 5.11 Å². The lowest BCUT2D eigenvalue weighted by Gasteiger charge is -2.36. The summed E-state index contributed by atoms with van der Waals surface area (Å²) in [5, 5.41) is 17.1. The number of aliphatic hydroxyl groups excluding tert-OH is 1. The van der Waals surface area contributed by atoms with Crippen LogP contribution < -0.4 is 5.32 Å². The van der Waals surface area contributed by atoms with Crippen molar-refractivity contribution in [2.75, 3.05) is 19.7 Å². The number of nitrogens with zero attached hydrogens (tertiary/aromatic N) is 2. The lowest BCUT2D eigenvalue weighted by Crippen LogP contribution is -2.42. The molecule has 1 saturated heterocycles. The number of aliphatic hydroxyl groups is 1. The molecule has 0 radical (unpaired) electrons. The summed E-state index contributed by atoms with van der Waals surface area (Å²) in [5.41, 5.74) is 1.36. The largest absolute Gasteiger partial charge is 0.396 e. The van der Waals surface area contributed by atoms with Crippen LogP contribution in [0.25, 0.3) is 0 Å². The van der Waals surface area contributed by atoms with Gasteiger partial charge in [0.2, 0.25) is 0 Å². The van der Waals surface area contributed by atoms with E-state index in [2.05, 4.69) is 16.6 Å². The Kier molecular flexibility index (Phi) is 3.61. The quantitative estimate of drug-likeness (QED) is 0.790. The van der Waals surface area contributed by atoms with Crippen molar-refractivity contribution in [3.05, 3.63) is 18.0 Å². The first kappa shape index (κ1) is 11.6. The molecule has 0 bridgehead atoms. The standard InChI is InChI=1S/C12H21N3O/c1-15-8-11(7-14-15)3-5-12(10-16)4-2-6-13-9-12/h7-8,13,16H,2-6,9-10H2,1H3. The molecule has 4 heteroatoms. The van der Waals surface area contributed by atoms with E-state index in [-0.39, 0.29) is 5.41 Å². The third-order valence-electron chi connectivity index (χ3n) is 3.60. The van der Waals surface area contributed by atoms with E-state index >= 15 is 0 Å². The van der Waals surface area contributed by atoms with E-state index < -0.39 is 0 Å². The molecule has 1 atom stereocenters. The van der Waals surface area contributed by atoms with E-state index in [4.69, 9.17) is 0 Å². The molecule has 4 nitrogen and oxygen atoms in total. The second kappa shape index (κ2) is 4.97. The van der Waals surface area contributed by atoms with Crippen LogP contribution in [-0.4, -0.2) is 34.6 Å². The molecule has 0 amide bonds. The molecule has 0 spiro atoms. The molecule has 2 heterocycles. The highest BCUT2D eigenvalue weighted by atomic mass is 16.3. The van der Waals surface area contributed by atoms with Crippen molar-refractivity contribution in [1.29, 1.82) is 0 Å². The monoisotopic (exact) mass is 223 g/mol. The van der Waals surface area contributed by atoms with Crippen molar-refractivity contribution in [2.24, 2.45) is 12.5 Å². The van der Waals surface area contributed by atoms with Gasteiger partial charge in [-0.15, -0.1) is 0 Å². The number of aryl methyl sites for hydroxylation is 2. The number of aromatic nitrogens is 2. The van der Waals surface area contributed by atoms with Crippen molar-refractivity contribution in [3.63, 3.8) is 0 Å². The minimum Gasteiger partial charge on any atom is -0.396 e. The first-order chi connectivity index (χ1) is 7.74. The molecule has 0 aliphatic carbocycles. The molecule has 0 aromatic carbocycles. The van der Waals surface area contributed by atoms with Crippen molar-refractivity contribution in [1.82, 2.24) is 15.1 Å². The fourth-order valence-corrected chi connectivity index (χ4v) is 2.47. The van der Waals surface area contributed by atoms with Crippen molar-refractivity contribution >= 4 is 0 Å². The zero-order valence-electron chi connectivity index (χ0n) is 9.95. The molecule has 1 unspecified atom stereocenters. The molecular formula is C12H21N3O. The van der Waals surface area contributed by atoms with Gasteiger partial charge in [-0.25, -0.2) is 0 Å². The summed E-state index contributed by atoms with van der Waals surface area (Å²) in [6.07, 6.45) is 8.34. The molecule has 90 valence electrons. The van der Waals surface area contributed by atoms with Gasteiger partial charge in [-0.1, -0.05) is 0 Å². The first-order valence-electron chi connectivity index (χ1n) is 6.03. The van der Waals surface area contributed by atoms with Gasteiger partial charge in [-0.3, -0.25) is 4.68 Å². The Balaban J connectivity index is 1.91. The summed E-state index contributed by atoms with van der Waals surface area (Å²) < 4.78 is 1.83. The van der Waals surface area contributed by atoms with Crippen LogP contribution in [0.2, 0.25) is 0 Å². The van der Waals surface area contributed by atoms with Crippen molar-refractivity contribution in [3.8, 4) is 0 Å². The minimum absolute atomic E-state index is 0.0914.